The zero-order valence-electron chi connectivity index (χ0n) is 11.2. The van der Waals surface area contributed by atoms with Crippen LogP contribution in [0.1, 0.15) is 12.6 Å². The average Bonchev–Trinajstić information content (AvgIpc) is 2.67. The van der Waals surface area contributed by atoms with Crippen LogP contribution in [0.25, 0.3) is 0 Å². The van der Waals surface area contributed by atoms with Crippen LogP contribution in [0.3, 0.4) is 0 Å². The van der Waals surface area contributed by atoms with Gasteiger partial charge in [0.15, 0.2) is 5.82 Å². The normalized spacial score (nSPS) is 10.5. The number of nitrogens with zero attached hydrogens (tertiary/aromatic N) is 2. The number of rotatable bonds is 4. The largest absolute Gasteiger partial charge is 0.495 e. The molecule has 6 heteroatoms. The lowest BCUT2D eigenvalue weighted by molar-refractivity contribution is 0.416. The van der Waals surface area contributed by atoms with Gasteiger partial charge in [0.25, 0.3) is 0 Å². The summed E-state index contributed by atoms with van der Waals surface area (Å²) in [7, 11) is 1.64. The van der Waals surface area contributed by atoms with Crippen LogP contribution in [0.15, 0.2) is 22.7 Å². The number of nitrogens with two attached hydrogens (primary N) is 1. The summed E-state index contributed by atoms with van der Waals surface area (Å²) in [5, 5.41) is 7.67. The van der Waals surface area contributed by atoms with Crippen molar-refractivity contribution in [2.75, 3.05) is 18.2 Å². The van der Waals surface area contributed by atoms with Crippen LogP contribution < -0.4 is 15.8 Å². The topological polar surface area (TPSA) is 65.1 Å². The highest BCUT2D eigenvalue weighted by Crippen LogP contribution is 2.33. The molecule has 0 saturated heterocycles. The fraction of sp³-hybridized carbons (Fsp3) is 0.308. The van der Waals surface area contributed by atoms with E-state index in [9.17, 15) is 0 Å². The average molecular weight is 325 g/mol. The van der Waals surface area contributed by atoms with Crippen molar-refractivity contribution >= 4 is 33.1 Å². The van der Waals surface area contributed by atoms with Crippen LogP contribution in [-0.4, -0.2) is 16.9 Å². The zero-order chi connectivity index (χ0) is 14.0. The highest BCUT2D eigenvalue weighted by Gasteiger charge is 2.13. The second-order valence-electron chi connectivity index (χ2n) is 4.13. The van der Waals surface area contributed by atoms with Crippen molar-refractivity contribution in [1.82, 2.24) is 9.78 Å². The maximum absolute atomic E-state index is 6.06. The molecule has 2 rings (SSSR count). The number of hydrogen-bond acceptors (Lipinski definition) is 4. The predicted octanol–water partition coefficient (Wildman–Crippen LogP) is 3.31. The van der Waals surface area contributed by atoms with E-state index in [-0.39, 0.29) is 0 Å². The van der Waals surface area contributed by atoms with E-state index in [2.05, 4.69) is 26.3 Å². The molecule has 1 heterocycles. The lowest BCUT2D eigenvalue weighted by Crippen LogP contribution is -2.05. The van der Waals surface area contributed by atoms with Crippen molar-refractivity contribution < 1.29 is 4.74 Å². The van der Waals surface area contributed by atoms with E-state index in [4.69, 9.17) is 10.5 Å². The second kappa shape index (κ2) is 5.52. The molecule has 0 amide bonds. The van der Waals surface area contributed by atoms with Crippen LogP contribution in [0.2, 0.25) is 0 Å². The molecule has 0 spiro atoms. The summed E-state index contributed by atoms with van der Waals surface area (Å²) in [4.78, 5) is 0. The standard InChI is InChI=1S/C13H17BrN4O/c1-4-18-13(12(15)8(2)17-18)16-10-7-9(14)5-6-11(10)19-3/h5-7,16H,4,15H2,1-3H3. The minimum atomic E-state index is 0.656. The van der Waals surface area contributed by atoms with Gasteiger partial charge in [-0.15, -0.1) is 0 Å². The van der Waals surface area contributed by atoms with Crippen molar-refractivity contribution in [2.45, 2.75) is 20.4 Å². The Labute approximate surface area is 120 Å². The van der Waals surface area contributed by atoms with Gasteiger partial charge in [0.1, 0.15) is 5.75 Å². The van der Waals surface area contributed by atoms with Gasteiger partial charge in [0.05, 0.1) is 24.2 Å². The van der Waals surface area contributed by atoms with Gasteiger partial charge in [-0.2, -0.15) is 5.10 Å². The monoisotopic (exact) mass is 324 g/mol. The molecule has 19 heavy (non-hydrogen) atoms. The van der Waals surface area contributed by atoms with Crippen molar-refractivity contribution in [2.24, 2.45) is 0 Å². The van der Waals surface area contributed by atoms with Gasteiger partial charge in [-0.25, -0.2) is 4.68 Å². The molecule has 0 aliphatic rings. The molecule has 1 aromatic heterocycles. The molecule has 0 atom stereocenters. The fourth-order valence-corrected chi connectivity index (χ4v) is 2.22. The van der Waals surface area contributed by atoms with Gasteiger partial charge < -0.3 is 15.8 Å². The summed E-state index contributed by atoms with van der Waals surface area (Å²) in [5.41, 5.74) is 8.38. The van der Waals surface area contributed by atoms with Crippen LogP contribution >= 0.6 is 15.9 Å². The Morgan fingerprint density at radius 3 is 2.84 bits per heavy atom. The minimum absolute atomic E-state index is 0.656. The highest BCUT2D eigenvalue weighted by atomic mass is 79.9. The number of benzene rings is 1. The Balaban J connectivity index is 2.43. The molecule has 3 N–H and O–H groups in total. The molecule has 5 nitrogen and oxygen atoms in total. The number of methoxy groups -OCH3 is 1. The van der Waals surface area contributed by atoms with Gasteiger partial charge in [0.2, 0.25) is 0 Å². The summed E-state index contributed by atoms with van der Waals surface area (Å²) in [6.45, 7) is 4.66. The van der Waals surface area contributed by atoms with E-state index in [1.807, 2.05) is 36.7 Å². The molecule has 0 aliphatic carbocycles. The van der Waals surface area contributed by atoms with Gasteiger partial charge in [-0.05, 0) is 32.0 Å². The summed E-state index contributed by atoms with van der Waals surface area (Å²) >= 11 is 3.45. The van der Waals surface area contributed by atoms with E-state index in [1.54, 1.807) is 7.11 Å². The Morgan fingerprint density at radius 1 is 1.47 bits per heavy atom. The van der Waals surface area contributed by atoms with E-state index in [0.717, 1.165) is 34.0 Å². The smallest absolute Gasteiger partial charge is 0.152 e. The van der Waals surface area contributed by atoms with E-state index in [0.29, 0.717) is 5.69 Å². The molecule has 2 aromatic rings. The number of ether oxygens (including phenoxy) is 1. The Bertz CT molecular complexity index is 595. The first-order chi connectivity index (χ1) is 9.06. The molecule has 0 radical (unpaired) electrons. The second-order valence-corrected chi connectivity index (χ2v) is 5.05. The van der Waals surface area contributed by atoms with Gasteiger partial charge in [-0.1, -0.05) is 15.9 Å². The SMILES string of the molecule is CCn1nc(C)c(N)c1Nc1cc(Br)ccc1OC. The number of hydrogen-bond donors (Lipinski definition) is 2. The van der Waals surface area contributed by atoms with Gasteiger partial charge in [0, 0.05) is 11.0 Å². The lowest BCUT2D eigenvalue weighted by atomic mass is 10.3. The van der Waals surface area contributed by atoms with E-state index in [1.165, 1.54) is 0 Å². The van der Waals surface area contributed by atoms with Crippen LogP contribution in [-0.2, 0) is 6.54 Å². The number of aryl methyl sites for hydroxylation is 2. The van der Waals surface area contributed by atoms with Gasteiger partial charge in [-0.3, -0.25) is 0 Å². The number of anilines is 3. The maximum atomic E-state index is 6.06. The first-order valence-corrected chi connectivity index (χ1v) is 6.79. The number of aromatic nitrogens is 2. The Kier molecular flexibility index (Phi) is 3.99. The molecule has 0 aliphatic heterocycles. The van der Waals surface area contributed by atoms with Gasteiger partial charge >= 0.3 is 0 Å². The first-order valence-electron chi connectivity index (χ1n) is 6.00. The van der Waals surface area contributed by atoms with Crippen molar-refractivity contribution in [1.29, 1.82) is 0 Å². The van der Waals surface area contributed by atoms with Crippen LogP contribution in [0.5, 0.6) is 5.75 Å². The third-order valence-corrected chi connectivity index (χ3v) is 3.38. The number of halogens is 1. The fourth-order valence-electron chi connectivity index (χ4n) is 1.86. The highest BCUT2D eigenvalue weighted by molar-refractivity contribution is 9.10. The Hall–Kier alpha value is -1.69. The first kappa shape index (κ1) is 13.7. The van der Waals surface area contributed by atoms with E-state index >= 15 is 0 Å². The number of nitrogen functional groups attached to an aromatic ring is 1. The predicted molar refractivity (Wildman–Crippen MR) is 81.0 cm³/mol. The summed E-state index contributed by atoms with van der Waals surface area (Å²) in [6, 6.07) is 5.76. The summed E-state index contributed by atoms with van der Waals surface area (Å²) in [6.07, 6.45) is 0. The van der Waals surface area contributed by atoms with Crippen LogP contribution in [0.4, 0.5) is 17.2 Å². The minimum Gasteiger partial charge on any atom is -0.495 e. The lowest BCUT2D eigenvalue weighted by Gasteiger charge is -2.13. The summed E-state index contributed by atoms with van der Waals surface area (Å²) < 4.78 is 8.14. The molecule has 1 aromatic carbocycles. The maximum Gasteiger partial charge on any atom is 0.152 e. The quantitative estimate of drug-likeness (QED) is 0.905. The molecule has 0 fully saturated rings. The Morgan fingerprint density at radius 2 is 2.21 bits per heavy atom. The van der Waals surface area contributed by atoms with Crippen molar-refractivity contribution in [3.63, 3.8) is 0 Å². The van der Waals surface area contributed by atoms with E-state index < -0.39 is 0 Å². The van der Waals surface area contributed by atoms with Crippen molar-refractivity contribution in [3.8, 4) is 5.75 Å². The third kappa shape index (κ3) is 2.68. The zero-order valence-corrected chi connectivity index (χ0v) is 12.8. The molecule has 102 valence electrons. The summed E-state index contributed by atoms with van der Waals surface area (Å²) in [5.74, 6) is 1.54. The number of nitrogens with one attached hydrogen (secondary N) is 1. The molecule has 0 saturated carbocycles. The van der Waals surface area contributed by atoms with Crippen LogP contribution in [0, 0.1) is 6.92 Å². The molecular formula is C13H17BrN4O. The molecule has 0 unspecified atom stereocenters. The molecular weight excluding hydrogens is 308 g/mol. The van der Waals surface area contributed by atoms with Crippen molar-refractivity contribution in [3.05, 3.63) is 28.4 Å². The molecule has 0 bridgehead atoms. The third-order valence-electron chi connectivity index (χ3n) is 2.89.